The Hall–Kier alpha value is -2.01. The summed E-state index contributed by atoms with van der Waals surface area (Å²) in [7, 11) is 1.60. The van der Waals surface area contributed by atoms with Crippen molar-refractivity contribution in [3.63, 3.8) is 0 Å². The molecule has 170 valence electrons. The molecule has 0 radical (unpaired) electrons. The predicted molar refractivity (Wildman–Crippen MR) is 125 cm³/mol. The topological polar surface area (TPSA) is 49.3 Å². The van der Waals surface area contributed by atoms with Gasteiger partial charge in [-0.25, -0.2) is 0 Å². The second-order valence-electron chi connectivity index (χ2n) is 7.19. The lowest BCUT2D eigenvalue weighted by Gasteiger charge is -2.23. The zero-order chi connectivity index (χ0) is 22.2. The number of hydrogen-bond acceptors (Lipinski definition) is 5. The number of benzene rings is 1. The van der Waals surface area contributed by atoms with Crippen molar-refractivity contribution in [3.8, 4) is 11.5 Å². The number of unbranched alkanes of at least 4 members (excludes halogenated alkanes) is 1. The second kappa shape index (κ2) is 15.8. The maximum Gasteiger partial charge on any atom is 0.125 e. The molecule has 1 atom stereocenters. The van der Waals surface area contributed by atoms with Gasteiger partial charge in [-0.3, -0.25) is 0 Å². The number of rotatable bonds is 11. The zero-order valence-corrected chi connectivity index (χ0v) is 19.8. The Morgan fingerprint density at radius 2 is 1.73 bits per heavy atom. The number of oxime groups is 1. The molecule has 0 heterocycles. The molecular formula is C25H41NO4. The van der Waals surface area contributed by atoms with Crippen molar-refractivity contribution >= 4 is 5.71 Å². The van der Waals surface area contributed by atoms with Gasteiger partial charge in [-0.1, -0.05) is 37.6 Å². The first-order valence-electron chi connectivity index (χ1n) is 11.3. The molecule has 1 aromatic carbocycles. The van der Waals surface area contributed by atoms with Gasteiger partial charge in [0, 0.05) is 6.61 Å². The largest absolute Gasteiger partial charge is 0.493 e. The highest BCUT2D eigenvalue weighted by Crippen LogP contribution is 2.28. The highest BCUT2D eigenvalue weighted by atomic mass is 16.6. The van der Waals surface area contributed by atoms with Crippen LogP contribution in [0.15, 0.2) is 29.4 Å². The third-order valence-electron chi connectivity index (χ3n) is 4.85. The Kier molecular flexibility index (Phi) is 13.7. The van der Waals surface area contributed by atoms with Gasteiger partial charge in [0.15, 0.2) is 0 Å². The van der Waals surface area contributed by atoms with Gasteiger partial charge < -0.3 is 19.0 Å². The van der Waals surface area contributed by atoms with E-state index in [1.165, 1.54) is 12.8 Å². The van der Waals surface area contributed by atoms with Crippen LogP contribution in [0, 0.1) is 13.8 Å². The highest BCUT2D eigenvalue weighted by molar-refractivity contribution is 5.88. The van der Waals surface area contributed by atoms with Gasteiger partial charge in [0.2, 0.25) is 0 Å². The van der Waals surface area contributed by atoms with E-state index < -0.39 is 0 Å². The molecule has 1 aliphatic carbocycles. The van der Waals surface area contributed by atoms with Gasteiger partial charge >= 0.3 is 0 Å². The number of aryl methyl sites for hydroxylation is 2. The molecule has 5 heteroatoms. The first kappa shape index (κ1) is 26.0. The van der Waals surface area contributed by atoms with E-state index in [9.17, 15) is 0 Å². The van der Waals surface area contributed by atoms with Crippen molar-refractivity contribution in [2.75, 3.05) is 26.9 Å². The molecular weight excluding hydrogens is 378 g/mol. The molecule has 2 rings (SSSR count). The molecule has 1 aromatic rings. The van der Waals surface area contributed by atoms with Crippen LogP contribution in [0.5, 0.6) is 11.5 Å². The van der Waals surface area contributed by atoms with Crippen molar-refractivity contribution in [3.05, 3.63) is 35.4 Å². The first-order valence-corrected chi connectivity index (χ1v) is 11.3. The first-order chi connectivity index (χ1) is 14.7. The minimum absolute atomic E-state index is 0.120. The average Bonchev–Trinajstić information content (AvgIpc) is 2.75. The van der Waals surface area contributed by atoms with Crippen LogP contribution in [0.25, 0.3) is 0 Å². The molecule has 1 saturated carbocycles. The fraction of sp³-hybridized carbons (Fsp3) is 0.640. The van der Waals surface area contributed by atoms with Gasteiger partial charge in [0.1, 0.15) is 25.2 Å². The van der Waals surface area contributed by atoms with E-state index >= 15 is 0 Å². The molecule has 0 amide bonds. The lowest BCUT2D eigenvalue weighted by Crippen LogP contribution is -2.28. The number of allylic oxidation sites excluding steroid dienone is 1. The summed E-state index contributed by atoms with van der Waals surface area (Å²) in [5.74, 6) is 1.84. The Morgan fingerprint density at radius 1 is 1.03 bits per heavy atom. The molecule has 0 saturated heterocycles. The molecule has 0 aromatic heterocycles. The van der Waals surface area contributed by atoms with Crippen LogP contribution in [0.1, 0.15) is 70.4 Å². The van der Waals surface area contributed by atoms with Gasteiger partial charge in [0.25, 0.3) is 0 Å². The quantitative estimate of drug-likeness (QED) is 0.236. The van der Waals surface area contributed by atoms with E-state index in [0.717, 1.165) is 60.6 Å². The summed E-state index contributed by atoms with van der Waals surface area (Å²) in [6.07, 6.45) is 10.4. The monoisotopic (exact) mass is 419 g/mol. The number of hydrogen-bond donors (Lipinski definition) is 0. The number of ether oxygens (including phenoxy) is 3. The Labute approximate surface area is 183 Å². The van der Waals surface area contributed by atoms with Crippen molar-refractivity contribution in [2.24, 2.45) is 5.16 Å². The minimum atomic E-state index is 0.120. The third-order valence-corrected chi connectivity index (χ3v) is 4.85. The molecule has 1 unspecified atom stereocenters. The summed E-state index contributed by atoms with van der Waals surface area (Å²) in [5, 5.41) is 4.12. The fourth-order valence-corrected chi connectivity index (χ4v) is 3.43. The van der Waals surface area contributed by atoms with Gasteiger partial charge in [0.05, 0.1) is 18.4 Å². The summed E-state index contributed by atoms with van der Waals surface area (Å²) in [4.78, 5) is 4.94. The van der Waals surface area contributed by atoms with Gasteiger partial charge in [-0.15, -0.1) is 0 Å². The molecule has 0 N–H and O–H groups in total. The molecule has 1 aliphatic rings. The Morgan fingerprint density at radius 3 is 2.40 bits per heavy atom. The molecule has 0 bridgehead atoms. The van der Waals surface area contributed by atoms with Gasteiger partial charge in [-0.2, -0.15) is 0 Å². The van der Waals surface area contributed by atoms with Crippen molar-refractivity contribution in [1.82, 2.24) is 0 Å². The number of nitrogens with zero attached hydrogens (tertiary/aromatic N) is 1. The lowest BCUT2D eigenvalue weighted by molar-refractivity contribution is 0.0746. The normalized spacial score (nSPS) is 17.5. The van der Waals surface area contributed by atoms with E-state index in [2.05, 4.69) is 19.0 Å². The maximum atomic E-state index is 6.03. The van der Waals surface area contributed by atoms with E-state index in [-0.39, 0.29) is 6.10 Å². The van der Waals surface area contributed by atoms with Crippen LogP contribution in [0.3, 0.4) is 0 Å². The third kappa shape index (κ3) is 9.21. The van der Waals surface area contributed by atoms with Crippen LogP contribution < -0.4 is 9.47 Å². The smallest absolute Gasteiger partial charge is 0.125 e. The summed E-state index contributed by atoms with van der Waals surface area (Å²) in [6.45, 7) is 12.1. The van der Waals surface area contributed by atoms with Crippen molar-refractivity contribution < 1.29 is 19.0 Å². The standard InChI is InChI=1S/C23H35NO4.C2H6/c1-5-6-13-26-20-16-18(2)23(19(3)17-20)28-15-10-9-14-27-22-12-8-7-11-21(22)24-25-4;1-2/h5-6,16-17,22H,7-15H2,1-4H3;1-2H3/b6-5+,24-21-;. The van der Waals surface area contributed by atoms with Crippen LogP contribution in [-0.2, 0) is 9.57 Å². The molecule has 1 fully saturated rings. The summed E-state index contributed by atoms with van der Waals surface area (Å²) in [5.41, 5.74) is 3.26. The predicted octanol–water partition coefficient (Wildman–Crippen LogP) is 6.41. The van der Waals surface area contributed by atoms with Crippen molar-refractivity contribution in [2.45, 2.75) is 79.2 Å². The van der Waals surface area contributed by atoms with E-state index in [4.69, 9.17) is 19.0 Å². The molecule has 0 aliphatic heterocycles. The maximum absolute atomic E-state index is 6.03. The van der Waals surface area contributed by atoms with Gasteiger partial charge in [-0.05, 0) is 76.1 Å². The Balaban J connectivity index is 0.00000218. The summed E-state index contributed by atoms with van der Waals surface area (Å²) >= 11 is 0. The van der Waals surface area contributed by atoms with Crippen LogP contribution in [0.4, 0.5) is 0 Å². The lowest BCUT2D eigenvalue weighted by atomic mass is 9.95. The zero-order valence-electron chi connectivity index (χ0n) is 19.8. The molecule has 30 heavy (non-hydrogen) atoms. The SMILES string of the molecule is C/C=C/COc1cc(C)c(OCCCCOC2CCCC/C2=N/OC)c(C)c1.CC. The van der Waals surface area contributed by atoms with Crippen LogP contribution in [-0.4, -0.2) is 38.7 Å². The molecule has 5 nitrogen and oxygen atoms in total. The highest BCUT2D eigenvalue weighted by Gasteiger charge is 2.21. The average molecular weight is 420 g/mol. The molecule has 0 spiro atoms. The van der Waals surface area contributed by atoms with Crippen LogP contribution in [0.2, 0.25) is 0 Å². The van der Waals surface area contributed by atoms with E-state index in [1.54, 1.807) is 7.11 Å². The van der Waals surface area contributed by atoms with Crippen LogP contribution >= 0.6 is 0 Å². The van der Waals surface area contributed by atoms with Crippen molar-refractivity contribution in [1.29, 1.82) is 0 Å². The summed E-state index contributed by atoms with van der Waals surface area (Å²) in [6, 6.07) is 4.07. The second-order valence-corrected chi connectivity index (χ2v) is 7.19. The fourth-order valence-electron chi connectivity index (χ4n) is 3.43. The van der Waals surface area contributed by atoms with E-state index in [1.807, 2.05) is 45.1 Å². The minimum Gasteiger partial charge on any atom is -0.493 e. The summed E-state index contributed by atoms with van der Waals surface area (Å²) < 4.78 is 17.8. The Bertz CT molecular complexity index is 632. The van der Waals surface area contributed by atoms with E-state index in [0.29, 0.717) is 13.2 Å².